The summed E-state index contributed by atoms with van der Waals surface area (Å²) in [6, 6.07) is 11.6. The molecule has 0 fully saturated rings. The molecule has 1 heterocycles. The number of carbonyl (C=O) groups excluding carboxylic acids is 2. The van der Waals surface area contributed by atoms with Crippen molar-refractivity contribution < 1.29 is 26.6 Å². The van der Waals surface area contributed by atoms with Crippen LogP contribution in [0.1, 0.15) is 26.3 Å². The molecule has 0 spiro atoms. The van der Waals surface area contributed by atoms with Gasteiger partial charge in [-0.2, -0.15) is 0 Å². The Morgan fingerprint density at radius 3 is 2.25 bits per heavy atom. The molecule has 0 aromatic heterocycles. The first-order chi connectivity index (χ1) is 13.0. The number of nitrogens with one attached hydrogen (secondary N) is 2. The van der Waals surface area contributed by atoms with E-state index in [0.29, 0.717) is 0 Å². The zero-order chi connectivity index (χ0) is 21.1. The minimum absolute atomic E-state index is 0.0150. The quantitative estimate of drug-likeness (QED) is 0.348. The number of phenols is 1. The van der Waals surface area contributed by atoms with E-state index in [1.54, 1.807) is 0 Å². The maximum atomic E-state index is 11.5. The smallest absolute Gasteiger partial charge is 0.256 e. The van der Waals surface area contributed by atoms with E-state index in [4.69, 9.17) is 8.19 Å². The van der Waals surface area contributed by atoms with E-state index in [9.17, 15) is 18.4 Å². The molecule has 0 aliphatic carbocycles. The van der Waals surface area contributed by atoms with Crippen molar-refractivity contribution >= 4 is 47.3 Å². The van der Waals surface area contributed by atoms with E-state index in [1.807, 2.05) is 38.1 Å². The van der Waals surface area contributed by atoms with Gasteiger partial charge in [0, 0.05) is 16.8 Å². The molecule has 3 rings (SSSR count). The Kier molecular flexibility index (Phi) is 6.51. The van der Waals surface area contributed by atoms with Gasteiger partial charge in [-0.1, -0.05) is 23.8 Å². The molecular formula is C19H21AsN2O6. The normalized spacial score (nSPS) is 12.5. The van der Waals surface area contributed by atoms with Gasteiger partial charge in [-0.05, 0) is 19.9 Å². The van der Waals surface area contributed by atoms with Crippen molar-refractivity contribution in [2.24, 2.45) is 0 Å². The second-order valence-corrected chi connectivity index (χ2v) is 9.49. The van der Waals surface area contributed by atoms with E-state index in [-0.39, 0.29) is 11.6 Å². The Labute approximate surface area is 164 Å². The third-order valence-corrected chi connectivity index (χ3v) is 6.00. The average Bonchev–Trinajstić information content (AvgIpc) is 2.89. The number of rotatable bonds is 2. The number of anilines is 2. The van der Waals surface area contributed by atoms with E-state index in [0.717, 1.165) is 28.5 Å². The predicted octanol–water partition coefficient (Wildman–Crippen LogP) is 1.34. The van der Waals surface area contributed by atoms with Gasteiger partial charge in [0.2, 0.25) is 0 Å². The molecule has 5 N–H and O–H groups in total. The average molecular weight is 448 g/mol. The fourth-order valence-electron chi connectivity index (χ4n) is 2.74. The van der Waals surface area contributed by atoms with Gasteiger partial charge in [-0.15, -0.1) is 0 Å². The van der Waals surface area contributed by atoms with Crippen LogP contribution in [-0.4, -0.2) is 39.3 Å². The molecular weight excluding hydrogens is 427 g/mol. The number of aromatic hydroxyl groups is 1. The first-order valence-corrected chi connectivity index (χ1v) is 11.6. The summed E-state index contributed by atoms with van der Waals surface area (Å²) in [4.78, 5) is 22.3. The monoisotopic (exact) mass is 448 g/mol. The van der Waals surface area contributed by atoms with Gasteiger partial charge in [0.05, 0.1) is 0 Å². The number of para-hydroxylation sites is 1. The summed E-state index contributed by atoms with van der Waals surface area (Å²) in [6.45, 7) is 5.12. The summed E-state index contributed by atoms with van der Waals surface area (Å²) >= 11 is -5.25. The molecule has 9 heteroatoms. The number of amides is 2. The van der Waals surface area contributed by atoms with Crippen molar-refractivity contribution in [3.8, 4) is 5.75 Å². The van der Waals surface area contributed by atoms with Crippen LogP contribution < -0.4 is 15.0 Å². The minimum Gasteiger partial charge on any atom is -0.321 e. The molecule has 2 aromatic carbocycles. The summed E-state index contributed by atoms with van der Waals surface area (Å²) in [5.41, 5.74) is 3.75. The first kappa shape index (κ1) is 21.5. The number of phenolic OH excluding ortho intramolecular Hbond substituents is 1. The maximum absolute atomic E-state index is 11.5. The Balaban J connectivity index is 0.000000202. The summed E-state index contributed by atoms with van der Waals surface area (Å²) in [6.07, 6.45) is 0. The van der Waals surface area contributed by atoms with Crippen LogP contribution in [0.4, 0.5) is 11.4 Å². The van der Waals surface area contributed by atoms with Crippen molar-refractivity contribution in [3.63, 3.8) is 0 Å². The molecule has 28 heavy (non-hydrogen) atoms. The van der Waals surface area contributed by atoms with Crippen molar-refractivity contribution in [2.75, 3.05) is 10.6 Å². The fraction of sp³-hybridized carbons (Fsp3) is 0.158. The standard InChI is InChI=1S/C11H11NO.C8H10AsNO5/c1-7(2)10-8-5-3-4-6-9(8)12-11(10)13;1-5(11)10-6-3-2-4-7(12)8(6)9(13,14)15/h3-6H,1-2H3,(H,12,13);2-4,12H,1H3,(H,10,11)(H2,13,14,15). The summed E-state index contributed by atoms with van der Waals surface area (Å²) in [5, 5.41) is 14.4. The van der Waals surface area contributed by atoms with Crippen LogP contribution >= 0.6 is 0 Å². The number of hydrogen-bond donors (Lipinski definition) is 5. The van der Waals surface area contributed by atoms with Gasteiger partial charge in [0.25, 0.3) is 5.91 Å². The van der Waals surface area contributed by atoms with Crippen LogP contribution in [0.5, 0.6) is 5.75 Å². The second-order valence-electron chi connectivity index (χ2n) is 6.27. The molecule has 0 bridgehead atoms. The van der Waals surface area contributed by atoms with Crippen molar-refractivity contribution in [1.29, 1.82) is 0 Å². The van der Waals surface area contributed by atoms with Crippen LogP contribution in [-0.2, 0) is 13.3 Å². The molecule has 0 saturated carbocycles. The number of carbonyl (C=O) groups is 2. The van der Waals surface area contributed by atoms with Crippen LogP contribution in [0.3, 0.4) is 0 Å². The molecule has 1 aliphatic rings. The molecule has 0 atom stereocenters. The third-order valence-electron chi connectivity index (χ3n) is 3.79. The van der Waals surface area contributed by atoms with E-state index in [2.05, 4.69) is 10.6 Å². The van der Waals surface area contributed by atoms with Gasteiger partial charge >= 0.3 is 88.1 Å². The molecule has 1 aliphatic heterocycles. The van der Waals surface area contributed by atoms with Crippen LogP contribution in [0.2, 0.25) is 0 Å². The molecule has 0 saturated heterocycles. The maximum Gasteiger partial charge on any atom is 0.256 e. The number of fused-ring (bicyclic) bond motifs is 1. The van der Waals surface area contributed by atoms with E-state index >= 15 is 0 Å². The molecule has 0 unspecified atom stereocenters. The van der Waals surface area contributed by atoms with E-state index in [1.165, 1.54) is 19.1 Å². The number of benzene rings is 2. The van der Waals surface area contributed by atoms with Crippen molar-refractivity contribution in [1.82, 2.24) is 0 Å². The molecule has 148 valence electrons. The van der Waals surface area contributed by atoms with E-state index < -0.39 is 30.2 Å². The molecule has 8 nitrogen and oxygen atoms in total. The number of allylic oxidation sites excluding steroid dienone is 1. The Morgan fingerprint density at radius 2 is 1.68 bits per heavy atom. The summed E-state index contributed by atoms with van der Waals surface area (Å²) < 4.78 is 28.6. The molecule has 2 amide bonds. The largest absolute Gasteiger partial charge is 0.321 e. The first-order valence-electron chi connectivity index (χ1n) is 8.26. The van der Waals surface area contributed by atoms with Crippen LogP contribution in [0.15, 0.2) is 48.0 Å². The van der Waals surface area contributed by atoms with Crippen LogP contribution in [0.25, 0.3) is 5.57 Å². The molecule has 0 radical (unpaired) electrons. The van der Waals surface area contributed by atoms with Crippen molar-refractivity contribution in [3.05, 3.63) is 53.6 Å². The van der Waals surface area contributed by atoms with Crippen molar-refractivity contribution in [2.45, 2.75) is 20.8 Å². The van der Waals surface area contributed by atoms with Gasteiger partial charge in [-0.3, -0.25) is 4.79 Å². The second kappa shape index (κ2) is 8.48. The topological polar surface area (TPSA) is 136 Å². The van der Waals surface area contributed by atoms with Gasteiger partial charge in [0.15, 0.2) is 0 Å². The minimum atomic E-state index is -5.25. The van der Waals surface area contributed by atoms with Gasteiger partial charge in [-0.25, -0.2) is 0 Å². The Morgan fingerprint density at radius 1 is 1.04 bits per heavy atom. The fourth-order valence-corrected chi connectivity index (χ4v) is 4.46. The van der Waals surface area contributed by atoms with Gasteiger partial charge < -0.3 is 5.32 Å². The molecule has 2 aromatic rings. The van der Waals surface area contributed by atoms with Crippen LogP contribution in [0, 0.1) is 0 Å². The SMILES string of the molecule is CC(=O)Nc1cccc(O)c1[As](=O)(O)O.CC(C)=C1C(=O)Nc2ccccc21. The third kappa shape index (κ3) is 4.92. The Hall–Kier alpha value is -2.80. The zero-order valence-electron chi connectivity index (χ0n) is 15.6. The zero-order valence-corrected chi connectivity index (χ0v) is 17.4. The summed E-state index contributed by atoms with van der Waals surface area (Å²) in [7, 11) is 0. The Bertz CT molecular complexity index is 1010. The number of hydrogen-bond acceptors (Lipinski definition) is 4. The van der Waals surface area contributed by atoms with Gasteiger partial charge in [0.1, 0.15) is 0 Å². The summed E-state index contributed by atoms with van der Waals surface area (Å²) in [5.74, 6) is -0.972. The predicted molar refractivity (Wildman–Crippen MR) is 106 cm³/mol.